The Balaban J connectivity index is 2.30. The number of aromatic nitrogens is 1. The molecule has 2 nitrogen and oxygen atoms in total. The van der Waals surface area contributed by atoms with Crippen molar-refractivity contribution < 1.29 is 4.74 Å². The third kappa shape index (κ3) is 1.29. The molecule has 1 aromatic carbocycles. The number of ether oxygens (including phenoxy) is 1. The summed E-state index contributed by atoms with van der Waals surface area (Å²) in [7, 11) is 0. The molecule has 0 radical (unpaired) electrons. The molecule has 1 aliphatic rings. The van der Waals surface area contributed by atoms with Gasteiger partial charge in [-0.05, 0) is 23.6 Å². The van der Waals surface area contributed by atoms with Gasteiger partial charge in [-0.15, -0.1) is 0 Å². The molecule has 1 aliphatic heterocycles. The minimum absolute atomic E-state index is 0.639. The second-order valence-corrected chi connectivity index (χ2v) is 3.93. The molecule has 1 aromatic heterocycles. The highest BCUT2D eigenvalue weighted by Crippen LogP contribution is 2.29. The first-order chi connectivity index (χ1) is 7.36. The van der Waals surface area contributed by atoms with Gasteiger partial charge in [0.2, 0.25) is 0 Å². The van der Waals surface area contributed by atoms with E-state index in [-0.39, 0.29) is 0 Å². The normalized spacial score (nSPS) is 16.4. The lowest BCUT2D eigenvalue weighted by molar-refractivity contribution is 0.174. The molecule has 0 amide bonds. The van der Waals surface area contributed by atoms with Crippen molar-refractivity contribution in [2.45, 2.75) is 6.42 Å². The summed E-state index contributed by atoms with van der Waals surface area (Å²) in [6, 6.07) is 8.39. The molecule has 3 rings (SSSR count). The molecule has 76 valence electrons. The standard InChI is InChI=1S/C13H13NO/c1-9-8-15-7-6-11-10-4-2-3-5-12(10)14-13(9)11/h2-5,14H,1,6-8H2. The summed E-state index contributed by atoms with van der Waals surface area (Å²) in [5, 5.41) is 1.30. The second kappa shape index (κ2) is 3.24. The van der Waals surface area contributed by atoms with Crippen molar-refractivity contribution in [2.75, 3.05) is 13.2 Å². The van der Waals surface area contributed by atoms with Gasteiger partial charge in [-0.3, -0.25) is 0 Å². The predicted molar refractivity (Wildman–Crippen MR) is 61.9 cm³/mol. The van der Waals surface area contributed by atoms with Crippen LogP contribution in [-0.2, 0) is 11.2 Å². The molecule has 0 aliphatic carbocycles. The molecule has 0 saturated carbocycles. The summed E-state index contributed by atoms with van der Waals surface area (Å²) in [5.74, 6) is 0. The quantitative estimate of drug-likeness (QED) is 0.693. The summed E-state index contributed by atoms with van der Waals surface area (Å²) >= 11 is 0. The summed E-state index contributed by atoms with van der Waals surface area (Å²) in [4.78, 5) is 3.43. The minimum Gasteiger partial charge on any atom is -0.376 e. The van der Waals surface area contributed by atoms with E-state index in [1.165, 1.54) is 22.2 Å². The van der Waals surface area contributed by atoms with Crippen molar-refractivity contribution in [3.05, 3.63) is 42.1 Å². The lowest BCUT2D eigenvalue weighted by atomic mass is 10.1. The Kier molecular flexibility index (Phi) is 1.89. The van der Waals surface area contributed by atoms with Crippen LogP contribution < -0.4 is 0 Å². The van der Waals surface area contributed by atoms with Crippen LogP contribution in [0, 0.1) is 0 Å². The Morgan fingerprint density at radius 2 is 2.13 bits per heavy atom. The molecule has 2 aromatic rings. The Labute approximate surface area is 88.6 Å². The van der Waals surface area contributed by atoms with Crippen LogP contribution in [0.1, 0.15) is 11.3 Å². The first-order valence-electron chi connectivity index (χ1n) is 5.22. The van der Waals surface area contributed by atoms with Crippen LogP contribution in [0.3, 0.4) is 0 Å². The number of para-hydroxylation sites is 1. The summed E-state index contributed by atoms with van der Waals surface area (Å²) < 4.78 is 5.48. The molecule has 2 heteroatoms. The van der Waals surface area contributed by atoms with Crippen molar-refractivity contribution >= 4 is 16.5 Å². The lowest BCUT2D eigenvalue weighted by Gasteiger charge is -1.99. The molecule has 0 saturated heterocycles. The molecular weight excluding hydrogens is 186 g/mol. The molecule has 15 heavy (non-hydrogen) atoms. The summed E-state index contributed by atoms with van der Waals surface area (Å²) in [5.41, 5.74) is 4.78. The maximum Gasteiger partial charge on any atom is 0.0731 e. The third-order valence-electron chi connectivity index (χ3n) is 2.94. The average Bonchev–Trinajstić information content (AvgIpc) is 2.54. The zero-order valence-corrected chi connectivity index (χ0v) is 8.55. The minimum atomic E-state index is 0.639. The van der Waals surface area contributed by atoms with Crippen molar-refractivity contribution in [1.29, 1.82) is 0 Å². The van der Waals surface area contributed by atoms with E-state index in [4.69, 9.17) is 4.74 Å². The van der Waals surface area contributed by atoms with Crippen molar-refractivity contribution in [2.24, 2.45) is 0 Å². The van der Waals surface area contributed by atoms with Gasteiger partial charge in [-0.25, -0.2) is 0 Å². The molecule has 0 bridgehead atoms. The largest absolute Gasteiger partial charge is 0.376 e. The summed E-state index contributed by atoms with van der Waals surface area (Å²) in [6.45, 7) is 5.48. The molecule has 0 fully saturated rings. The number of rotatable bonds is 0. The molecule has 2 heterocycles. The Hall–Kier alpha value is -1.54. The fourth-order valence-corrected chi connectivity index (χ4v) is 2.20. The number of aromatic amines is 1. The third-order valence-corrected chi connectivity index (χ3v) is 2.94. The highest BCUT2D eigenvalue weighted by Gasteiger charge is 2.16. The van der Waals surface area contributed by atoms with Crippen molar-refractivity contribution in [3.63, 3.8) is 0 Å². The van der Waals surface area contributed by atoms with Gasteiger partial charge in [0.15, 0.2) is 0 Å². The van der Waals surface area contributed by atoms with Crippen LogP contribution in [0.25, 0.3) is 16.5 Å². The number of nitrogens with one attached hydrogen (secondary N) is 1. The van der Waals surface area contributed by atoms with Crippen LogP contribution >= 0.6 is 0 Å². The maximum atomic E-state index is 5.48. The van der Waals surface area contributed by atoms with E-state index >= 15 is 0 Å². The maximum absolute atomic E-state index is 5.48. The second-order valence-electron chi connectivity index (χ2n) is 3.93. The molecular formula is C13H13NO. The Bertz CT molecular complexity index is 524. The van der Waals surface area contributed by atoms with Crippen LogP contribution in [-0.4, -0.2) is 18.2 Å². The topological polar surface area (TPSA) is 25.0 Å². The van der Waals surface area contributed by atoms with Gasteiger partial charge in [0.25, 0.3) is 0 Å². The number of hydrogen-bond acceptors (Lipinski definition) is 1. The zero-order chi connectivity index (χ0) is 10.3. The van der Waals surface area contributed by atoms with Gasteiger partial charge < -0.3 is 9.72 Å². The van der Waals surface area contributed by atoms with E-state index < -0.39 is 0 Å². The van der Waals surface area contributed by atoms with Gasteiger partial charge >= 0.3 is 0 Å². The smallest absolute Gasteiger partial charge is 0.0731 e. The predicted octanol–water partition coefficient (Wildman–Crippen LogP) is 2.75. The number of fused-ring (bicyclic) bond motifs is 3. The van der Waals surface area contributed by atoms with Crippen LogP contribution in [0.5, 0.6) is 0 Å². The van der Waals surface area contributed by atoms with Crippen LogP contribution in [0.15, 0.2) is 30.8 Å². The molecule has 1 N–H and O–H groups in total. The fraction of sp³-hybridized carbons (Fsp3) is 0.231. The van der Waals surface area contributed by atoms with E-state index in [9.17, 15) is 0 Å². The molecule has 0 unspecified atom stereocenters. The van der Waals surface area contributed by atoms with Gasteiger partial charge in [0, 0.05) is 16.6 Å². The van der Waals surface area contributed by atoms with E-state index in [1.54, 1.807) is 0 Å². The number of H-pyrrole nitrogens is 1. The van der Waals surface area contributed by atoms with Gasteiger partial charge in [-0.1, -0.05) is 24.8 Å². The zero-order valence-electron chi connectivity index (χ0n) is 8.55. The molecule has 0 atom stereocenters. The monoisotopic (exact) mass is 199 g/mol. The van der Waals surface area contributed by atoms with Crippen LogP contribution in [0.4, 0.5) is 0 Å². The summed E-state index contributed by atoms with van der Waals surface area (Å²) in [6.07, 6.45) is 0.971. The van der Waals surface area contributed by atoms with Gasteiger partial charge in [0.05, 0.1) is 13.2 Å². The Morgan fingerprint density at radius 3 is 3.07 bits per heavy atom. The number of benzene rings is 1. The first-order valence-corrected chi connectivity index (χ1v) is 5.22. The molecule has 0 spiro atoms. The van der Waals surface area contributed by atoms with Gasteiger partial charge in [0.1, 0.15) is 0 Å². The first kappa shape index (κ1) is 8.74. The van der Waals surface area contributed by atoms with E-state index in [0.717, 1.165) is 18.6 Å². The van der Waals surface area contributed by atoms with E-state index in [2.05, 4.69) is 35.8 Å². The van der Waals surface area contributed by atoms with Gasteiger partial charge in [-0.2, -0.15) is 0 Å². The highest BCUT2D eigenvalue weighted by molar-refractivity contribution is 5.89. The fourth-order valence-electron chi connectivity index (χ4n) is 2.20. The van der Waals surface area contributed by atoms with E-state index in [1.807, 2.05) is 0 Å². The highest BCUT2D eigenvalue weighted by atomic mass is 16.5. The average molecular weight is 199 g/mol. The SMILES string of the molecule is C=C1COCCc2c1[nH]c1ccccc21. The van der Waals surface area contributed by atoms with Crippen molar-refractivity contribution in [3.8, 4) is 0 Å². The number of hydrogen-bond donors (Lipinski definition) is 1. The van der Waals surface area contributed by atoms with Crippen molar-refractivity contribution in [1.82, 2.24) is 4.98 Å². The van der Waals surface area contributed by atoms with E-state index in [0.29, 0.717) is 6.61 Å². The van der Waals surface area contributed by atoms with Crippen LogP contribution in [0.2, 0.25) is 0 Å². The Morgan fingerprint density at radius 1 is 1.27 bits per heavy atom. The lowest BCUT2D eigenvalue weighted by Crippen LogP contribution is -1.94.